The van der Waals surface area contributed by atoms with Gasteiger partial charge in [0.15, 0.2) is 0 Å². The third-order valence-electron chi connectivity index (χ3n) is 10.5. The lowest BCUT2D eigenvalue weighted by Gasteiger charge is -2.14. The summed E-state index contributed by atoms with van der Waals surface area (Å²) in [7, 11) is 0. The van der Waals surface area contributed by atoms with E-state index in [1.807, 2.05) is 12.1 Å². The van der Waals surface area contributed by atoms with Crippen LogP contribution in [0.4, 0.5) is 0 Å². The maximum Gasteiger partial charge on any atom is 0.0679 e. The van der Waals surface area contributed by atoms with Gasteiger partial charge in [-0.05, 0) is 72.9 Å². The second-order valence-electron chi connectivity index (χ2n) is 15.6. The van der Waals surface area contributed by atoms with Crippen LogP contribution >= 0.6 is 0 Å². The molecule has 0 radical (unpaired) electrons. The van der Waals surface area contributed by atoms with Gasteiger partial charge in [-0.25, -0.2) is 0 Å². The zero-order chi connectivity index (χ0) is 36.4. The summed E-state index contributed by atoms with van der Waals surface area (Å²) < 4.78 is 0. The minimum Gasteiger partial charge on any atom is -0.392 e. The van der Waals surface area contributed by atoms with E-state index in [4.69, 9.17) is 0 Å². The molecule has 4 saturated heterocycles. The van der Waals surface area contributed by atoms with E-state index < -0.39 is 0 Å². The van der Waals surface area contributed by atoms with Crippen molar-refractivity contribution in [2.75, 3.05) is 52.4 Å². The van der Waals surface area contributed by atoms with E-state index in [0.29, 0.717) is 0 Å². The second kappa shape index (κ2) is 22.0. The predicted octanol–water partition coefficient (Wildman–Crippen LogP) is 7.56. The summed E-state index contributed by atoms with van der Waals surface area (Å²) in [6, 6.07) is 42.3. The molecule has 0 saturated carbocycles. The lowest BCUT2D eigenvalue weighted by molar-refractivity contribution is 0.174. The van der Waals surface area contributed by atoms with Crippen molar-refractivity contribution in [2.24, 2.45) is 11.8 Å². The van der Waals surface area contributed by atoms with E-state index in [9.17, 15) is 10.2 Å². The van der Waals surface area contributed by atoms with Gasteiger partial charge in [0, 0.05) is 65.4 Å². The van der Waals surface area contributed by atoms with E-state index in [-0.39, 0.29) is 12.2 Å². The van der Waals surface area contributed by atoms with Crippen LogP contribution < -0.4 is 0 Å². The number of hydrogen-bond donors (Lipinski definition) is 2. The summed E-state index contributed by atoms with van der Waals surface area (Å²) in [6.45, 7) is 17.7. The number of nitrogens with zero attached hydrogens (tertiary/aromatic N) is 4. The highest BCUT2D eigenvalue weighted by Gasteiger charge is 2.21. The summed E-state index contributed by atoms with van der Waals surface area (Å²) in [4.78, 5) is 9.67. The molecule has 52 heavy (non-hydrogen) atoms. The predicted molar refractivity (Wildman–Crippen MR) is 216 cm³/mol. The van der Waals surface area contributed by atoms with Crippen LogP contribution in [0.2, 0.25) is 0 Å². The Morgan fingerprint density at radius 3 is 0.846 bits per heavy atom. The largest absolute Gasteiger partial charge is 0.392 e. The monoisotopic (exact) mass is 705 g/mol. The van der Waals surface area contributed by atoms with E-state index >= 15 is 0 Å². The van der Waals surface area contributed by atoms with E-state index in [1.165, 1.54) is 61.3 Å². The number of benzene rings is 4. The van der Waals surface area contributed by atoms with Gasteiger partial charge >= 0.3 is 0 Å². The molecule has 6 nitrogen and oxygen atoms in total. The van der Waals surface area contributed by atoms with Gasteiger partial charge in [0.2, 0.25) is 0 Å². The first-order chi connectivity index (χ1) is 25.4. The first-order valence-electron chi connectivity index (χ1n) is 19.8. The molecular formula is C46H64N4O2. The van der Waals surface area contributed by atoms with Crippen LogP contribution in [0.15, 0.2) is 121 Å². The van der Waals surface area contributed by atoms with Crippen molar-refractivity contribution in [3.05, 3.63) is 144 Å². The average molecular weight is 705 g/mol. The molecule has 0 aromatic heterocycles. The van der Waals surface area contributed by atoms with Crippen LogP contribution in [0.25, 0.3) is 0 Å². The lowest BCUT2D eigenvalue weighted by atomic mass is 10.2. The zero-order valence-corrected chi connectivity index (χ0v) is 31.9. The number of aliphatic hydroxyl groups excluding tert-OH is 2. The van der Waals surface area contributed by atoms with Crippen molar-refractivity contribution in [1.29, 1.82) is 0 Å². The Bertz CT molecular complexity index is 1260. The molecule has 4 aromatic carbocycles. The van der Waals surface area contributed by atoms with Gasteiger partial charge in [0.25, 0.3) is 0 Å². The molecule has 4 atom stereocenters. The van der Waals surface area contributed by atoms with Crippen molar-refractivity contribution < 1.29 is 10.2 Å². The fourth-order valence-electron chi connectivity index (χ4n) is 7.62. The Morgan fingerprint density at radius 2 is 0.635 bits per heavy atom. The molecule has 4 aliphatic rings. The standard InChI is InChI=1S/2C12H17N.2C11H15NO/c2*1-11-7-8-13(9-11)10-12-5-3-2-4-6-12;2*13-11-6-7-12(9-11)8-10-4-2-1-3-5-10/h2*2-6,11H,7-10H2,1H3;2*1-5,11,13H,6-9H2/t4*11-/m1010/s1. The Kier molecular flexibility index (Phi) is 16.9. The van der Waals surface area contributed by atoms with Gasteiger partial charge in [0.1, 0.15) is 0 Å². The lowest BCUT2D eigenvalue weighted by Crippen LogP contribution is -2.21. The molecule has 280 valence electrons. The maximum absolute atomic E-state index is 9.34. The van der Waals surface area contributed by atoms with E-state index in [2.05, 4.69) is 143 Å². The number of aliphatic hydroxyl groups is 2. The van der Waals surface area contributed by atoms with E-state index in [1.54, 1.807) is 0 Å². The molecule has 0 aliphatic carbocycles. The smallest absolute Gasteiger partial charge is 0.0679 e. The topological polar surface area (TPSA) is 53.4 Å². The van der Waals surface area contributed by atoms with Crippen molar-refractivity contribution in [1.82, 2.24) is 19.6 Å². The molecule has 4 aromatic rings. The molecule has 6 heteroatoms. The van der Waals surface area contributed by atoms with Gasteiger partial charge in [-0.2, -0.15) is 0 Å². The van der Waals surface area contributed by atoms with Crippen LogP contribution in [-0.4, -0.2) is 94.4 Å². The van der Waals surface area contributed by atoms with Crippen LogP contribution in [0.3, 0.4) is 0 Å². The summed E-state index contributed by atoms with van der Waals surface area (Å²) in [6.07, 6.45) is 4.37. The maximum atomic E-state index is 9.34. The Balaban J connectivity index is 0.000000134. The molecule has 0 spiro atoms. The summed E-state index contributed by atoms with van der Waals surface area (Å²) in [5, 5.41) is 18.7. The summed E-state index contributed by atoms with van der Waals surface area (Å²) >= 11 is 0. The van der Waals surface area contributed by atoms with Gasteiger partial charge in [-0.1, -0.05) is 135 Å². The molecule has 0 amide bonds. The van der Waals surface area contributed by atoms with Crippen LogP contribution in [0, 0.1) is 11.8 Å². The second-order valence-corrected chi connectivity index (χ2v) is 15.6. The molecule has 2 N–H and O–H groups in total. The number of rotatable bonds is 8. The Labute approximate surface area is 314 Å². The number of likely N-dealkylation sites (tertiary alicyclic amines) is 4. The molecule has 4 heterocycles. The van der Waals surface area contributed by atoms with Crippen molar-refractivity contribution in [3.63, 3.8) is 0 Å². The van der Waals surface area contributed by atoms with Crippen molar-refractivity contribution in [2.45, 2.75) is 77.9 Å². The van der Waals surface area contributed by atoms with Gasteiger partial charge in [-0.3, -0.25) is 19.6 Å². The third-order valence-corrected chi connectivity index (χ3v) is 10.5. The van der Waals surface area contributed by atoms with Crippen molar-refractivity contribution in [3.8, 4) is 0 Å². The normalized spacial score (nSPS) is 23.6. The van der Waals surface area contributed by atoms with Crippen LogP contribution in [0.5, 0.6) is 0 Å². The van der Waals surface area contributed by atoms with Crippen molar-refractivity contribution >= 4 is 0 Å². The van der Waals surface area contributed by atoms with Crippen LogP contribution in [-0.2, 0) is 26.2 Å². The summed E-state index contributed by atoms with van der Waals surface area (Å²) in [5.41, 5.74) is 5.54. The highest BCUT2D eigenvalue weighted by molar-refractivity contribution is 5.17. The Hall–Kier alpha value is -3.36. The SMILES string of the molecule is C[C@@H]1CCN(Cc2ccccc2)C1.C[C@H]1CCN(Cc2ccccc2)C1.O[C@@H]1CCN(Cc2ccccc2)C1.O[C@H]1CCN(Cc2ccccc2)C1. The zero-order valence-electron chi connectivity index (χ0n) is 31.9. The summed E-state index contributed by atoms with van der Waals surface area (Å²) in [5.74, 6) is 1.78. The van der Waals surface area contributed by atoms with E-state index in [0.717, 1.165) is 77.0 Å². The van der Waals surface area contributed by atoms with Gasteiger partial charge < -0.3 is 10.2 Å². The molecule has 4 aliphatic heterocycles. The van der Waals surface area contributed by atoms with Gasteiger partial charge in [-0.15, -0.1) is 0 Å². The highest BCUT2D eigenvalue weighted by Crippen LogP contribution is 2.19. The first-order valence-corrected chi connectivity index (χ1v) is 19.8. The molecule has 0 bridgehead atoms. The number of β-amino-alcohol motifs (C(OH)–C–C–N with tert-alkyl or cyclic N) is 2. The van der Waals surface area contributed by atoms with Crippen LogP contribution in [0.1, 0.15) is 61.8 Å². The molecule has 4 fully saturated rings. The fourth-order valence-corrected chi connectivity index (χ4v) is 7.62. The average Bonchev–Trinajstić information content (AvgIpc) is 3.98. The number of hydrogen-bond acceptors (Lipinski definition) is 6. The molecule has 8 rings (SSSR count). The Morgan fingerprint density at radius 1 is 0.385 bits per heavy atom. The highest BCUT2D eigenvalue weighted by atomic mass is 16.3. The molecule has 0 unspecified atom stereocenters. The minimum absolute atomic E-state index is 0.108. The molecular weight excluding hydrogens is 641 g/mol. The minimum atomic E-state index is -0.108. The first kappa shape index (κ1) is 39.8. The third kappa shape index (κ3) is 14.9. The fraction of sp³-hybridized carbons (Fsp3) is 0.478. The van der Waals surface area contributed by atoms with Gasteiger partial charge in [0.05, 0.1) is 12.2 Å². The quantitative estimate of drug-likeness (QED) is 0.198.